The minimum atomic E-state index is -0.809. The van der Waals surface area contributed by atoms with Gasteiger partial charge in [0.25, 0.3) is 0 Å². The number of nitrogens with zero attached hydrogens (tertiary/aromatic N) is 1. The number of carboxylic acids is 1. The van der Waals surface area contributed by atoms with E-state index < -0.39 is 11.4 Å². The minimum Gasteiger partial charge on any atom is -0.481 e. The van der Waals surface area contributed by atoms with Crippen LogP contribution >= 0.6 is 0 Å². The number of rotatable bonds is 7. The van der Waals surface area contributed by atoms with E-state index in [1.165, 1.54) is 0 Å². The molecule has 0 bridgehead atoms. The lowest BCUT2D eigenvalue weighted by Crippen LogP contribution is -2.53. The number of amides is 2. The van der Waals surface area contributed by atoms with Crippen LogP contribution < -0.4 is 5.32 Å². The molecule has 0 aromatic rings. The number of piperidine rings is 1. The van der Waals surface area contributed by atoms with Gasteiger partial charge in [0.2, 0.25) is 0 Å². The molecule has 1 aliphatic heterocycles. The second kappa shape index (κ2) is 8.25. The summed E-state index contributed by atoms with van der Waals surface area (Å²) in [7, 11) is 0. The van der Waals surface area contributed by atoms with E-state index in [0.717, 1.165) is 38.5 Å². The number of aliphatic carboxylic acids is 1. The summed E-state index contributed by atoms with van der Waals surface area (Å²) in [6.45, 7) is 6.96. The average Bonchev–Trinajstić information content (AvgIpc) is 2.44. The van der Waals surface area contributed by atoms with Crippen LogP contribution in [0.3, 0.4) is 0 Å². The van der Waals surface area contributed by atoms with Gasteiger partial charge in [-0.05, 0) is 32.6 Å². The first-order valence-corrected chi connectivity index (χ1v) is 8.21. The second-order valence-electron chi connectivity index (χ2n) is 6.47. The van der Waals surface area contributed by atoms with Crippen molar-refractivity contribution >= 4 is 12.0 Å². The molecule has 1 rings (SSSR count). The zero-order valence-corrected chi connectivity index (χ0v) is 13.7. The highest BCUT2D eigenvalue weighted by Crippen LogP contribution is 2.29. The lowest BCUT2D eigenvalue weighted by molar-refractivity contribution is -0.150. The molecular formula is C16H30N2O3. The normalized spacial score (nSPS) is 23.7. The van der Waals surface area contributed by atoms with Gasteiger partial charge in [-0.1, -0.05) is 33.1 Å². The number of hydrogen-bond donors (Lipinski definition) is 2. The van der Waals surface area contributed by atoms with E-state index in [2.05, 4.69) is 19.2 Å². The van der Waals surface area contributed by atoms with E-state index in [1.807, 2.05) is 0 Å². The summed E-state index contributed by atoms with van der Waals surface area (Å²) in [6, 6.07) is 0.109. The SMILES string of the molecule is CCCCC(CCC)NC(=O)N1CCCC(C)(C(=O)O)C1. The summed E-state index contributed by atoms with van der Waals surface area (Å²) in [4.78, 5) is 25.4. The van der Waals surface area contributed by atoms with Gasteiger partial charge in [-0.3, -0.25) is 4.79 Å². The van der Waals surface area contributed by atoms with Gasteiger partial charge in [-0.25, -0.2) is 4.79 Å². The molecule has 0 radical (unpaired) electrons. The number of unbranched alkanes of at least 4 members (excludes halogenated alkanes) is 1. The topological polar surface area (TPSA) is 69.6 Å². The molecule has 5 heteroatoms. The lowest BCUT2D eigenvalue weighted by Gasteiger charge is -2.38. The predicted molar refractivity (Wildman–Crippen MR) is 83.3 cm³/mol. The average molecular weight is 298 g/mol. The Hall–Kier alpha value is -1.26. The first kappa shape index (κ1) is 17.8. The summed E-state index contributed by atoms with van der Waals surface area (Å²) < 4.78 is 0. The van der Waals surface area contributed by atoms with Crippen LogP contribution in [0.15, 0.2) is 0 Å². The van der Waals surface area contributed by atoms with E-state index in [1.54, 1.807) is 11.8 Å². The Balaban J connectivity index is 2.58. The zero-order valence-electron chi connectivity index (χ0n) is 13.7. The van der Waals surface area contributed by atoms with E-state index in [9.17, 15) is 14.7 Å². The number of carbonyl (C=O) groups excluding carboxylic acids is 1. The largest absolute Gasteiger partial charge is 0.481 e. The van der Waals surface area contributed by atoms with Gasteiger partial charge in [0.05, 0.1) is 5.41 Å². The van der Waals surface area contributed by atoms with Gasteiger partial charge in [0, 0.05) is 19.1 Å². The molecule has 2 N–H and O–H groups in total. The molecule has 0 aromatic heterocycles. The van der Waals surface area contributed by atoms with Crippen molar-refractivity contribution in [3.63, 3.8) is 0 Å². The molecule has 122 valence electrons. The van der Waals surface area contributed by atoms with Crippen LogP contribution in [-0.4, -0.2) is 41.1 Å². The van der Waals surface area contributed by atoms with E-state index in [4.69, 9.17) is 0 Å². The molecule has 0 aromatic carbocycles. The number of carbonyl (C=O) groups is 2. The van der Waals surface area contributed by atoms with Crippen LogP contribution in [0.4, 0.5) is 4.79 Å². The molecular weight excluding hydrogens is 268 g/mol. The number of hydrogen-bond acceptors (Lipinski definition) is 2. The minimum absolute atomic E-state index is 0.100. The Morgan fingerprint density at radius 2 is 2.00 bits per heavy atom. The Morgan fingerprint density at radius 1 is 1.29 bits per heavy atom. The number of urea groups is 1. The smallest absolute Gasteiger partial charge is 0.317 e. The quantitative estimate of drug-likeness (QED) is 0.758. The van der Waals surface area contributed by atoms with Crippen LogP contribution in [0.1, 0.15) is 65.7 Å². The first-order valence-electron chi connectivity index (χ1n) is 8.21. The van der Waals surface area contributed by atoms with Gasteiger partial charge in [-0.2, -0.15) is 0 Å². The molecule has 0 spiro atoms. The van der Waals surface area contributed by atoms with Crippen molar-refractivity contribution in [2.45, 2.75) is 71.8 Å². The maximum Gasteiger partial charge on any atom is 0.317 e. The molecule has 1 saturated heterocycles. The van der Waals surface area contributed by atoms with Crippen molar-refractivity contribution < 1.29 is 14.7 Å². The third-order valence-corrected chi connectivity index (χ3v) is 4.37. The summed E-state index contributed by atoms with van der Waals surface area (Å²) in [6.07, 6.45) is 6.65. The Labute approximate surface area is 128 Å². The Morgan fingerprint density at radius 3 is 2.57 bits per heavy atom. The highest BCUT2D eigenvalue weighted by molar-refractivity contribution is 5.78. The fourth-order valence-corrected chi connectivity index (χ4v) is 2.94. The lowest BCUT2D eigenvalue weighted by atomic mass is 9.82. The van der Waals surface area contributed by atoms with Crippen molar-refractivity contribution in [2.24, 2.45) is 5.41 Å². The summed E-state index contributed by atoms with van der Waals surface area (Å²) >= 11 is 0. The molecule has 21 heavy (non-hydrogen) atoms. The van der Waals surface area contributed by atoms with Crippen molar-refractivity contribution in [1.29, 1.82) is 0 Å². The zero-order chi connectivity index (χ0) is 15.9. The summed E-state index contributed by atoms with van der Waals surface area (Å²) in [5, 5.41) is 12.4. The van der Waals surface area contributed by atoms with Crippen molar-refractivity contribution in [1.82, 2.24) is 10.2 Å². The van der Waals surface area contributed by atoms with Crippen molar-refractivity contribution in [2.75, 3.05) is 13.1 Å². The predicted octanol–water partition coefficient (Wildman–Crippen LogP) is 3.24. The molecule has 5 nitrogen and oxygen atoms in total. The van der Waals surface area contributed by atoms with E-state index in [0.29, 0.717) is 19.5 Å². The first-order chi connectivity index (χ1) is 9.92. The van der Waals surface area contributed by atoms with Gasteiger partial charge >= 0.3 is 12.0 Å². The van der Waals surface area contributed by atoms with Crippen molar-refractivity contribution in [3.05, 3.63) is 0 Å². The monoisotopic (exact) mass is 298 g/mol. The molecule has 0 saturated carbocycles. The molecule has 2 unspecified atom stereocenters. The molecule has 2 amide bonds. The van der Waals surface area contributed by atoms with E-state index >= 15 is 0 Å². The summed E-state index contributed by atoms with van der Waals surface area (Å²) in [5.74, 6) is -0.809. The van der Waals surface area contributed by atoms with Gasteiger partial charge in [0.15, 0.2) is 0 Å². The second-order valence-corrected chi connectivity index (χ2v) is 6.47. The van der Waals surface area contributed by atoms with Gasteiger partial charge < -0.3 is 15.3 Å². The third-order valence-electron chi connectivity index (χ3n) is 4.37. The van der Waals surface area contributed by atoms with Crippen LogP contribution in [-0.2, 0) is 4.79 Å². The van der Waals surface area contributed by atoms with Gasteiger partial charge in [-0.15, -0.1) is 0 Å². The molecule has 2 atom stereocenters. The molecule has 1 fully saturated rings. The third kappa shape index (κ3) is 5.21. The Bertz CT molecular complexity index is 359. The standard InChI is InChI=1S/C16H30N2O3/c1-4-6-9-13(8-5-2)17-15(21)18-11-7-10-16(3,12-18)14(19)20/h13H,4-12H2,1-3H3,(H,17,21)(H,19,20). The van der Waals surface area contributed by atoms with Crippen LogP contribution in [0.5, 0.6) is 0 Å². The van der Waals surface area contributed by atoms with Gasteiger partial charge in [0.1, 0.15) is 0 Å². The van der Waals surface area contributed by atoms with Crippen LogP contribution in [0.25, 0.3) is 0 Å². The maximum atomic E-state index is 12.4. The molecule has 1 heterocycles. The summed E-state index contributed by atoms with van der Waals surface area (Å²) in [5.41, 5.74) is -0.806. The highest BCUT2D eigenvalue weighted by atomic mass is 16.4. The molecule has 0 aliphatic carbocycles. The Kier molecular flexibility index (Phi) is 6.99. The van der Waals surface area contributed by atoms with Crippen LogP contribution in [0, 0.1) is 5.41 Å². The molecule has 1 aliphatic rings. The fourth-order valence-electron chi connectivity index (χ4n) is 2.94. The van der Waals surface area contributed by atoms with Crippen LogP contribution in [0.2, 0.25) is 0 Å². The fraction of sp³-hybridized carbons (Fsp3) is 0.875. The highest BCUT2D eigenvalue weighted by Gasteiger charge is 2.39. The maximum absolute atomic E-state index is 12.4. The van der Waals surface area contributed by atoms with Crippen molar-refractivity contribution in [3.8, 4) is 0 Å². The number of carboxylic acid groups (broad SMARTS) is 1. The number of nitrogens with one attached hydrogen (secondary N) is 1. The van der Waals surface area contributed by atoms with E-state index in [-0.39, 0.29) is 12.1 Å². The number of likely N-dealkylation sites (tertiary alicyclic amines) is 1.